The van der Waals surface area contributed by atoms with Crippen molar-refractivity contribution in [2.45, 2.75) is 11.1 Å². The van der Waals surface area contributed by atoms with Crippen LogP contribution in [0.4, 0.5) is 17.3 Å². The van der Waals surface area contributed by atoms with Crippen LogP contribution in [0.5, 0.6) is 0 Å². The maximum absolute atomic E-state index is 12.7. The van der Waals surface area contributed by atoms with Gasteiger partial charge < -0.3 is 19.8 Å². The van der Waals surface area contributed by atoms with Crippen LogP contribution in [0.1, 0.15) is 21.4 Å². The van der Waals surface area contributed by atoms with Crippen molar-refractivity contribution in [3.63, 3.8) is 0 Å². The molecule has 3 N–H and O–H groups in total. The van der Waals surface area contributed by atoms with E-state index in [1.807, 2.05) is 0 Å². The average Bonchev–Trinajstić information content (AvgIpc) is 3.38. The van der Waals surface area contributed by atoms with Gasteiger partial charge in [-0.15, -0.1) is 11.3 Å². The molecule has 3 heterocycles. The summed E-state index contributed by atoms with van der Waals surface area (Å²) >= 11 is 1.000. The lowest BCUT2D eigenvalue weighted by Crippen LogP contribution is -2.35. The number of nitrogens with one attached hydrogen (secondary N) is 1. The lowest BCUT2D eigenvalue weighted by molar-refractivity contribution is 0.0602. The number of esters is 1. The highest BCUT2D eigenvalue weighted by molar-refractivity contribution is 7.93. The molecule has 0 aliphatic carbocycles. The number of carbonyl (C=O) groups excluding carboxylic acids is 1. The molecule has 0 saturated carbocycles. The van der Waals surface area contributed by atoms with E-state index in [2.05, 4.69) is 14.5 Å². The number of hydrogen-bond donors (Lipinski definition) is 2. The molecule has 0 spiro atoms. The van der Waals surface area contributed by atoms with Crippen molar-refractivity contribution < 1.29 is 22.4 Å². The molecule has 4 rings (SSSR count). The Morgan fingerprint density at radius 2 is 2.03 bits per heavy atom. The van der Waals surface area contributed by atoms with Crippen molar-refractivity contribution in [1.29, 1.82) is 0 Å². The zero-order valence-electron chi connectivity index (χ0n) is 15.1. The molecule has 29 heavy (non-hydrogen) atoms. The first-order chi connectivity index (χ1) is 13.9. The van der Waals surface area contributed by atoms with Crippen LogP contribution in [0.2, 0.25) is 0 Å². The maximum atomic E-state index is 12.7. The zero-order chi connectivity index (χ0) is 20.6. The third-order valence-corrected chi connectivity index (χ3v) is 6.75. The molecule has 3 aromatic rings. The number of furan rings is 1. The molecule has 1 atom stereocenters. The monoisotopic (exact) mass is 432 g/mol. The standard InChI is InChI=1S/C18H16N4O5S2/c1-26-18(23)15-14(7-9-28-15)29(24,25)21-11-2-4-12(5-3-11)22-10-20-17-13(16(22)19)6-8-27-17/h2-10,16,21H,19H2,1H3. The number of anilines is 2. The Balaban J connectivity index is 1.55. The van der Waals surface area contributed by atoms with Gasteiger partial charge in [-0.25, -0.2) is 18.2 Å². The number of hydrogen-bond acceptors (Lipinski definition) is 9. The van der Waals surface area contributed by atoms with Gasteiger partial charge in [0, 0.05) is 11.4 Å². The van der Waals surface area contributed by atoms with Gasteiger partial charge in [-0.3, -0.25) is 4.72 Å². The van der Waals surface area contributed by atoms with Crippen LogP contribution in [0.25, 0.3) is 0 Å². The van der Waals surface area contributed by atoms with E-state index < -0.39 is 22.2 Å². The van der Waals surface area contributed by atoms with Crippen LogP contribution in [0, 0.1) is 0 Å². The number of fused-ring (bicyclic) bond motifs is 1. The van der Waals surface area contributed by atoms with Crippen LogP contribution >= 0.6 is 11.3 Å². The lowest BCUT2D eigenvalue weighted by Gasteiger charge is -2.29. The van der Waals surface area contributed by atoms with Crippen LogP contribution in [-0.4, -0.2) is 27.8 Å². The molecule has 0 amide bonds. The highest BCUT2D eigenvalue weighted by Gasteiger charge is 2.26. The summed E-state index contributed by atoms with van der Waals surface area (Å²) in [4.78, 5) is 17.6. The Kier molecular flexibility index (Phi) is 4.86. The first kappa shape index (κ1) is 19.2. The minimum absolute atomic E-state index is 0.0167. The van der Waals surface area contributed by atoms with Crippen molar-refractivity contribution in [2.75, 3.05) is 16.7 Å². The van der Waals surface area contributed by atoms with Gasteiger partial charge in [0.25, 0.3) is 10.0 Å². The van der Waals surface area contributed by atoms with Gasteiger partial charge in [0.1, 0.15) is 22.3 Å². The largest absolute Gasteiger partial charge is 0.465 e. The predicted octanol–water partition coefficient (Wildman–Crippen LogP) is 3.07. The SMILES string of the molecule is COC(=O)c1sccc1S(=O)(=O)Nc1ccc(N2C=Nc3occc3C2N)cc1. The van der Waals surface area contributed by atoms with Crippen molar-refractivity contribution in [1.82, 2.24) is 0 Å². The summed E-state index contributed by atoms with van der Waals surface area (Å²) in [5.41, 5.74) is 8.06. The van der Waals surface area contributed by atoms with E-state index in [0.717, 1.165) is 22.6 Å². The number of ether oxygens (including phenoxy) is 1. The molecule has 0 saturated heterocycles. The Labute approximate surface area is 170 Å². The fourth-order valence-corrected chi connectivity index (χ4v) is 5.26. The summed E-state index contributed by atoms with van der Waals surface area (Å²) < 4.78 is 37.7. The topological polar surface area (TPSA) is 127 Å². The summed E-state index contributed by atoms with van der Waals surface area (Å²) in [5, 5.41) is 1.52. The summed E-state index contributed by atoms with van der Waals surface area (Å²) in [5.74, 6) is -0.233. The van der Waals surface area contributed by atoms with Gasteiger partial charge in [0.05, 0.1) is 18.9 Å². The molecule has 0 radical (unpaired) electrons. The zero-order valence-corrected chi connectivity index (χ0v) is 16.7. The Hall–Kier alpha value is -3.15. The minimum atomic E-state index is -3.95. The summed E-state index contributed by atoms with van der Waals surface area (Å²) in [6, 6.07) is 9.74. The molecule has 0 bridgehead atoms. The lowest BCUT2D eigenvalue weighted by atomic mass is 10.2. The second-order valence-corrected chi connectivity index (χ2v) is 8.60. The fourth-order valence-electron chi connectivity index (χ4n) is 2.87. The number of nitrogens with zero attached hydrogens (tertiary/aromatic N) is 2. The Morgan fingerprint density at radius 3 is 2.76 bits per heavy atom. The number of sulfonamides is 1. The number of rotatable bonds is 5. The molecule has 1 aliphatic rings. The molecule has 9 nitrogen and oxygen atoms in total. The van der Waals surface area contributed by atoms with Crippen LogP contribution in [0.3, 0.4) is 0 Å². The number of benzene rings is 1. The molecule has 1 unspecified atom stereocenters. The average molecular weight is 432 g/mol. The van der Waals surface area contributed by atoms with Crippen LogP contribution in [-0.2, 0) is 14.8 Å². The van der Waals surface area contributed by atoms with E-state index in [0.29, 0.717) is 11.6 Å². The van der Waals surface area contributed by atoms with Gasteiger partial charge in [0.15, 0.2) is 0 Å². The Morgan fingerprint density at radius 1 is 1.28 bits per heavy atom. The smallest absolute Gasteiger partial charge is 0.349 e. The van der Waals surface area contributed by atoms with Gasteiger partial charge in [-0.1, -0.05) is 0 Å². The van der Waals surface area contributed by atoms with Gasteiger partial charge in [-0.2, -0.15) is 0 Å². The molecule has 1 aromatic carbocycles. The van der Waals surface area contributed by atoms with Crippen molar-refractivity contribution in [3.8, 4) is 0 Å². The second kappa shape index (κ2) is 7.35. The Bertz CT molecular complexity index is 1180. The molecule has 150 valence electrons. The summed E-state index contributed by atoms with van der Waals surface area (Å²) in [7, 11) is -2.75. The number of carbonyl (C=O) groups is 1. The van der Waals surface area contributed by atoms with Gasteiger partial charge in [0.2, 0.25) is 5.88 Å². The van der Waals surface area contributed by atoms with Crippen molar-refractivity contribution >= 4 is 50.9 Å². The van der Waals surface area contributed by atoms with Crippen molar-refractivity contribution in [2.24, 2.45) is 10.7 Å². The van der Waals surface area contributed by atoms with E-state index in [9.17, 15) is 13.2 Å². The number of thiophene rings is 1. The molecule has 11 heteroatoms. The summed E-state index contributed by atoms with van der Waals surface area (Å²) in [6.45, 7) is 0. The molecule has 0 fully saturated rings. The van der Waals surface area contributed by atoms with Crippen molar-refractivity contribution in [3.05, 3.63) is 58.5 Å². The summed E-state index contributed by atoms with van der Waals surface area (Å²) in [6.07, 6.45) is 2.61. The first-order valence-corrected chi connectivity index (χ1v) is 10.7. The molecule has 1 aliphatic heterocycles. The highest BCUT2D eigenvalue weighted by Crippen LogP contribution is 2.34. The van der Waals surface area contributed by atoms with E-state index in [-0.39, 0.29) is 9.77 Å². The number of nitrogens with two attached hydrogens (primary N) is 1. The number of methoxy groups -OCH3 is 1. The normalized spacial score (nSPS) is 15.8. The van der Waals surface area contributed by atoms with Crippen LogP contribution < -0.4 is 15.4 Å². The van der Waals surface area contributed by atoms with Crippen LogP contribution in [0.15, 0.2) is 62.3 Å². The van der Waals surface area contributed by atoms with Gasteiger partial charge in [-0.05, 0) is 41.8 Å². The minimum Gasteiger partial charge on any atom is -0.465 e. The molecular weight excluding hydrogens is 416 g/mol. The fraction of sp³-hybridized carbons (Fsp3) is 0.111. The second-order valence-electron chi connectivity index (χ2n) is 6.04. The van der Waals surface area contributed by atoms with E-state index in [4.69, 9.17) is 10.2 Å². The van der Waals surface area contributed by atoms with E-state index >= 15 is 0 Å². The molecule has 2 aromatic heterocycles. The molecular formula is C18H16N4O5S2. The quantitative estimate of drug-likeness (QED) is 0.593. The third-order valence-electron chi connectivity index (χ3n) is 4.30. The third kappa shape index (κ3) is 3.50. The first-order valence-electron chi connectivity index (χ1n) is 8.35. The number of aliphatic imine (C=N–C) groups is 1. The highest BCUT2D eigenvalue weighted by atomic mass is 32.2. The predicted molar refractivity (Wildman–Crippen MR) is 109 cm³/mol. The van der Waals surface area contributed by atoms with E-state index in [1.165, 1.54) is 24.8 Å². The van der Waals surface area contributed by atoms with Gasteiger partial charge >= 0.3 is 5.97 Å². The maximum Gasteiger partial charge on any atom is 0.349 e. The van der Waals surface area contributed by atoms with E-state index in [1.54, 1.807) is 41.6 Å².